The molecular formula is C17H30O11. The molecule has 11 nitrogen and oxygen atoms in total. The molecule has 2 aliphatic rings. The predicted octanol–water partition coefficient (Wildman–Crippen LogP) is -3.41. The fourth-order valence-electron chi connectivity index (χ4n) is 3.12. The minimum Gasteiger partial charge on any atom is -0.394 e. The van der Waals surface area contributed by atoms with Crippen LogP contribution in [-0.4, -0.2) is 117 Å². The highest BCUT2D eigenvalue weighted by atomic mass is 16.7. The first-order valence-electron chi connectivity index (χ1n) is 9.16. The molecule has 0 spiro atoms. The Kier molecular flexibility index (Phi) is 9.18. The van der Waals surface area contributed by atoms with E-state index in [0.29, 0.717) is 12.8 Å². The predicted molar refractivity (Wildman–Crippen MR) is 91.8 cm³/mol. The SMILES string of the molecule is C=CCCCO[C@H]1O[C@H](CO)[C@@H](O[C@H]2O[C@H](CO)[C@@H](O)[C@H](O)[C@H]2O)[C@H](O)[C@H]1O. The van der Waals surface area contributed by atoms with Gasteiger partial charge in [0.15, 0.2) is 12.6 Å². The lowest BCUT2D eigenvalue weighted by Crippen LogP contribution is -2.64. The van der Waals surface area contributed by atoms with Gasteiger partial charge in [-0.05, 0) is 12.8 Å². The molecule has 0 aromatic rings. The lowest BCUT2D eigenvalue weighted by Gasteiger charge is -2.45. The normalized spacial score (nSPS) is 44.4. The number of unbranched alkanes of at least 4 members (excludes halogenated alkanes) is 1. The van der Waals surface area contributed by atoms with Gasteiger partial charge in [0.05, 0.1) is 19.8 Å². The smallest absolute Gasteiger partial charge is 0.187 e. The fraction of sp³-hybridized carbons (Fsp3) is 0.882. The third kappa shape index (κ3) is 5.26. The number of ether oxygens (including phenoxy) is 4. The second-order valence-corrected chi connectivity index (χ2v) is 6.81. The Hall–Kier alpha value is -0.700. The Bertz CT molecular complexity index is 474. The molecule has 11 heteroatoms. The highest BCUT2D eigenvalue weighted by Crippen LogP contribution is 2.29. The maximum absolute atomic E-state index is 10.4. The van der Waals surface area contributed by atoms with E-state index >= 15 is 0 Å². The van der Waals surface area contributed by atoms with Crippen molar-refractivity contribution < 1.29 is 54.7 Å². The van der Waals surface area contributed by atoms with Crippen molar-refractivity contribution >= 4 is 0 Å². The van der Waals surface area contributed by atoms with Crippen LogP contribution in [0.2, 0.25) is 0 Å². The number of aliphatic hydroxyl groups excluding tert-OH is 7. The highest BCUT2D eigenvalue weighted by molar-refractivity contribution is 4.94. The zero-order chi connectivity index (χ0) is 20.8. The van der Waals surface area contributed by atoms with Crippen LogP contribution in [0.5, 0.6) is 0 Å². The van der Waals surface area contributed by atoms with Gasteiger partial charge in [0.2, 0.25) is 0 Å². The summed E-state index contributed by atoms with van der Waals surface area (Å²) < 4.78 is 21.5. The average molecular weight is 410 g/mol. The minimum atomic E-state index is -1.70. The van der Waals surface area contributed by atoms with E-state index in [1.165, 1.54) is 0 Å². The molecule has 2 aliphatic heterocycles. The van der Waals surface area contributed by atoms with Crippen LogP contribution in [0.3, 0.4) is 0 Å². The van der Waals surface area contributed by atoms with E-state index in [1.54, 1.807) is 6.08 Å². The van der Waals surface area contributed by atoms with Crippen LogP contribution in [0.4, 0.5) is 0 Å². The van der Waals surface area contributed by atoms with E-state index in [1.807, 2.05) is 0 Å². The standard InChI is InChI=1S/C17H30O11/c1-2-3-4-5-25-16-14(24)12(22)15(9(7-19)27-16)28-17-13(23)11(21)10(20)8(6-18)26-17/h2,8-24H,1,3-7H2/t8-,9-,10-,11+,12-,13-,14-,15-,16+,17-/m1/s1. The van der Waals surface area contributed by atoms with E-state index in [9.17, 15) is 35.7 Å². The maximum atomic E-state index is 10.4. The molecule has 0 aliphatic carbocycles. The molecule has 0 saturated carbocycles. The molecule has 0 bridgehead atoms. The molecule has 2 saturated heterocycles. The molecule has 2 rings (SSSR count). The van der Waals surface area contributed by atoms with Crippen LogP contribution < -0.4 is 0 Å². The Morgan fingerprint density at radius 2 is 1.39 bits per heavy atom. The largest absolute Gasteiger partial charge is 0.394 e. The number of rotatable bonds is 9. The molecule has 7 N–H and O–H groups in total. The highest BCUT2D eigenvalue weighted by Gasteiger charge is 2.50. The van der Waals surface area contributed by atoms with Gasteiger partial charge in [-0.1, -0.05) is 6.08 Å². The molecule has 0 aromatic heterocycles. The fourth-order valence-corrected chi connectivity index (χ4v) is 3.12. The molecule has 28 heavy (non-hydrogen) atoms. The summed E-state index contributed by atoms with van der Waals surface area (Å²) in [6.07, 6.45) is -11.4. The first-order valence-corrected chi connectivity index (χ1v) is 9.16. The van der Waals surface area contributed by atoms with Gasteiger partial charge in [0.25, 0.3) is 0 Å². The van der Waals surface area contributed by atoms with Crippen molar-refractivity contribution in [3.05, 3.63) is 12.7 Å². The summed E-state index contributed by atoms with van der Waals surface area (Å²) in [6, 6.07) is 0. The van der Waals surface area contributed by atoms with Gasteiger partial charge in [-0.2, -0.15) is 0 Å². The summed E-state index contributed by atoms with van der Waals surface area (Å²) in [6.45, 7) is 2.57. The number of aliphatic hydroxyl groups is 7. The summed E-state index contributed by atoms with van der Waals surface area (Å²) in [4.78, 5) is 0. The van der Waals surface area contributed by atoms with Crippen LogP contribution in [0.1, 0.15) is 12.8 Å². The summed E-state index contributed by atoms with van der Waals surface area (Å²) in [5, 5.41) is 69.2. The lowest BCUT2D eigenvalue weighted by atomic mass is 9.97. The van der Waals surface area contributed by atoms with Crippen LogP contribution in [-0.2, 0) is 18.9 Å². The molecular weight excluding hydrogens is 380 g/mol. The van der Waals surface area contributed by atoms with Crippen molar-refractivity contribution in [3.63, 3.8) is 0 Å². The van der Waals surface area contributed by atoms with Crippen molar-refractivity contribution in [1.29, 1.82) is 0 Å². The van der Waals surface area contributed by atoms with Crippen LogP contribution in [0.25, 0.3) is 0 Å². The van der Waals surface area contributed by atoms with Gasteiger partial charge in [-0.3, -0.25) is 0 Å². The molecule has 2 heterocycles. The Labute approximate surface area is 162 Å². The van der Waals surface area contributed by atoms with Crippen molar-refractivity contribution in [2.24, 2.45) is 0 Å². The van der Waals surface area contributed by atoms with Gasteiger partial charge in [0, 0.05) is 0 Å². The van der Waals surface area contributed by atoms with E-state index in [-0.39, 0.29) is 6.61 Å². The van der Waals surface area contributed by atoms with Crippen LogP contribution >= 0.6 is 0 Å². The quantitative estimate of drug-likeness (QED) is 0.149. The average Bonchev–Trinajstić information content (AvgIpc) is 2.70. The summed E-state index contributed by atoms with van der Waals surface area (Å²) in [5.41, 5.74) is 0. The third-order valence-corrected chi connectivity index (χ3v) is 4.80. The topological polar surface area (TPSA) is 179 Å². The second kappa shape index (κ2) is 10.9. The summed E-state index contributed by atoms with van der Waals surface area (Å²) in [7, 11) is 0. The van der Waals surface area contributed by atoms with Gasteiger partial charge < -0.3 is 54.7 Å². The van der Waals surface area contributed by atoms with Gasteiger partial charge in [-0.15, -0.1) is 6.58 Å². The van der Waals surface area contributed by atoms with Crippen molar-refractivity contribution in [1.82, 2.24) is 0 Å². The first kappa shape index (κ1) is 23.6. The van der Waals surface area contributed by atoms with Crippen molar-refractivity contribution in [3.8, 4) is 0 Å². The lowest BCUT2D eigenvalue weighted by molar-refractivity contribution is -0.359. The van der Waals surface area contributed by atoms with Gasteiger partial charge in [0.1, 0.15) is 48.8 Å². The molecule has 2 fully saturated rings. The van der Waals surface area contributed by atoms with E-state index in [4.69, 9.17) is 18.9 Å². The van der Waals surface area contributed by atoms with E-state index in [0.717, 1.165) is 0 Å². The monoisotopic (exact) mass is 410 g/mol. The minimum absolute atomic E-state index is 0.233. The maximum Gasteiger partial charge on any atom is 0.187 e. The Morgan fingerprint density at radius 1 is 0.786 bits per heavy atom. The zero-order valence-corrected chi connectivity index (χ0v) is 15.4. The number of hydrogen-bond acceptors (Lipinski definition) is 11. The van der Waals surface area contributed by atoms with Crippen LogP contribution in [0, 0.1) is 0 Å². The molecule has 0 radical (unpaired) electrons. The number of allylic oxidation sites excluding steroid dienone is 1. The Balaban J connectivity index is 2.03. The Morgan fingerprint density at radius 3 is 2.00 bits per heavy atom. The molecule has 164 valence electrons. The summed E-state index contributed by atoms with van der Waals surface area (Å²) in [5.74, 6) is 0. The van der Waals surface area contributed by atoms with Crippen LogP contribution in [0.15, 0.2) is 12.7 Å². The van der Waals surface area contributed by atoms with Crippen molar-refractivity contribution in [2.75, 3.05) is 19.8 Å². The number of hydrogen-bond donors (Lipinski definition) is 7. The van der Waals surface area contributed by atoms with Gasteiger partial charge in [-0.25, -0.2) is 0 Å². The molecule has 10 atom stereocenters. The molecule has 0 unspecified atom stereocenters. The van der Waals surface area contributed by atoms with E-state index in [2.05, 4.69) is 6.58 Å². The summed E-state index contributed by atoms with van der Waals surface area (Å²) >= 11 is 0. The molecule has 0 aromatic carbocycles. The third-order valence-electron chi connectivity index (χ3n) is 4.80. The molecule has 0 amide bonds. The second-order valence-electron chi connectivity index (χ2n) is 6.81. The van der Waals surface area contributed by atoms with Gasteiger partial charge >= 0.3 is 0 Å². The van der Waals surface area contributed by atoms with Crippen molar-refractivity contribution in [2.45, 2.75) is 74.3 Å². The first-order chi connectivity index (χ1) is 13.3. The van der Waals surface area contributed by atoms with E-state index < -0.39 is 74.6 Å². The zero-order valence-electron chi connectivity index (χ0n) is 15.4.